The molecule has 1 heterocycles. The number of fused-ring (bicyclic) bond motifs is 1. The second-order valence-corrected chi connectivity index (χ2v) is 6.46. The lowest BCUT2D eigenvalue weighted by Gasteiger charge is -2.28. The Kier molecular flexibility index (Phi) is 5.00. The first-order valence-electron chi connectivity index (χ1n) is 8.40. The van der Waals surface area contributed by atoms with Gasteiger partial charge in [0.2, 0.25) is 5.91 Å². The van der Waals surface area contributed by atoms with Crippen molar-refractivity contribution in [1.82, 2.24) is 10.3 Å². The summed E-state index contributed by atoms with van der Waals surface area (Å²) in [5, 5.41) is 12.2. The lowest BCUT2D eigenvalue weighted by atomic mass is 9.84. The summed E-state index contributed by atoms with van der Waals surface area (Å²) in [5.41, 5.74) is 2.56. The van der Waals surface area contributed by atoms with Crippen LogP contribution in [0.5, 0.6) is 0 Å². The zero-order valence-corrected chi connectivity index (χ0v) is 14.2. The van der Waals surface area contributed by atoms with Crippen LogP contribution in [-0.4, -0.2) is 22.1 Å². The Bertz CT molecular complexity index is 801. The average Bonchev–Trinajstić information content (AvgIpc) is 2.61. The first kappa shape index (κ1) is 18.4. The molecule has 1 amide bonds. The third-order valence-electron chi connectivity index (χ3n) is 4.60. The molecule has 0 saturated heterocycles. The maximum absolute atomic E-state index is 12.8. The van der Waals surface area contributed by atoms with Gasteiger partial charge >= 0.3 is 6.18 Å². The van der Waals surface area contributed by atoms with E-state index in [-0.39, 0.29) is 6.04 Å². The van der Waals surface area contributed by atoms with E-state index in [0.29, 0.717) is 5.56 Å². The highest BCUT2D eigenvalue weighted by molar-refractivity contribution is 5.80. The quantitative estimate of drug-likeness (QED) is 0.874. The van der Waals surface area contributed by atoms with E-state index in [9.17, 15) is 23.1 Å². The molecule has 0 radical (unpaired) electrons. The number of carbonyl (C=O) groups excluding carboxylic acids is 1. The highest BCUT2D eigenvalue weighted by Gasteiger charge is 2.30. The van der Waals surface area contributed by atoms with Crippen molar-refractivity contribution in [2.45, 2.75) is 44.5 Å². The molecule has 1 aromatic heterocycles. The van der Waals surface area contributed by atoms with Crippen LogP contribution in [0, 0.1) is 0 Å². The Balaban J connectivity index is 1.95. The van der Waals surface area contributed by atoms with Gasteiger partial charge in [-0.15, -0.1) is 0 Å². The zero-order valence-electron chi connectivity index (χ0n) is 14.2. The standard InChI is InChI=1S/C19H19F3N2O2/c1-11(25)18(26)24-17-4-2-3-14-15(9-23-10-16(14)17)12-5-7-13(8-6-12)19(20,21)22/h5-11,17,25H,2-4H2,1H3,(H,24,26)/t11-,17?/m1/s1. The molecule has 1 unspecified atom stereocenters. The molecule has 0 aliphatic heterocycles. The minimum absolute atomic E-state index is 0.261. The summed E-state index contributed by atoms with van der Waals surface area (Å²) in [5.74, 6) is -0.456. The van der Waals surface area contributed by atoms with Gasteiger partial charge < -0.3 is 10.4 Å². The summed E-state index contributed by atoms with van der Waals surface area (Å²) in [6, 6.07) is 4.74. The highest BCUT2D eigenvalue weighted by atomic mass is 19.4. The molecule has 3 rings (SSSR count). The van der Waals surface area contributed by atoms with Crippen LogP contribution in [0.3, 0.4) is 0 Å². The van der Waals surface area contributed by atoms with Crippen LogP contribution in [0.25, 0.3) is 11.1 Å². The van der Waals surface area contributed by atoms with Crippen molar-refractivity contribution in [3.8, 4) is 11.1 Å². The van der Waals surface area contributed by atoms with E-state index in [1.165, 1.54) is 19.1 Å². The van der Waals surface area contributed by atoms with E-state index in [4.69, 9.17) is 0 Å². The van der Waals surface area contributed by atoms with Crippen molar-refractivity contribution in [3.05, 3.63) is 53.3 Å². The Morgan fingerprint density at radius 2 is 1.96 bits per heavy atom. The number of aliphatic hydroxyl groups is 1. The number of aromatic nitrogens is 1. The summed E-state index contributed by atoms with van der Waals surface area (Å²) < 4.78 is 38.3. The predicted molar refractivity (Wildman–Crippen MR) is 90.2 cm³/mol. The van der Waals surface area contributed by atoms with Gasteiger partial charge in [-0.25, -0.2) is 0 Å². The topological polar surface area (TPSA) is 62.2 Å². The summed E-state index contributed by atoms with van der Waals surface area (Å²) in [4.78, 5) is 16.0. The van der Waals surface area contributed by atoms with Gasteiger partial charge in [-0.1, -0.05) is 12.1 Å². The molecular formula is C19H19F3N2O2. The number of alkyl halides is 3. The van der Waals surface area contributed by atoms with Crippen LogP contribution in [0.2, 0.25) is 0 Å². The lowest BCUT2D eigenvalue weighted by Crippen LogP contribution is -2.37. The molecule has 2 atom stereocenters. The van der Waals surface area contributed by atoms with Gasteiger partial charge in [0.05, 0.1) is 11.6 Å². The SMILES string of the molecule is C[C@@H](O)C(=O)NC1CCCc2c(-c3ccc(C(F)(F)F)cc3)cncc21. The summed E-state index contributed by atoms with van der Waals surface area (Å²) in [6.45, 7) is 1.40. The van der Waals surface area contributed by atoms with E-state index in [1.54, 1.807) is 12.4 Å². The molecule has 1 aliphatic carbocycles. The van der Waals surface area contributed by atoms with Crippen LogP contribution in [0.4, 0.5) is 13.2 Å². The Hall–Kier alpha value is -2.41. The largest absolute Gasteiger partial charge is 0.416 e. The van der Waals surface area contributed by atoms with Crippen LogP contribution in [0.15, 0.2) is 36.7 Å². The maximum atomic E-state index is 12.8. The highest BCUT2D eigenvalue weighted by Crippen LogP contribution is 2.37. The number of amides is 1. The third kappa shape index (κ3) is 3.72. The fraction of sp³-hybridized carbons (Fsp3) is 0.368. The fourth-order valence-electron chi connectivity index (χ4n) is 3.25. The fourth-order valence-corrected chi connectivity index (χ4v) is 3.25. The molecule has 2 N–H and O–H groups in total. The van der Waals surface area contributed by atoms with Crippen LogP contribution in [0.1, 0.15) is 42.5 Å². The number of nitrogens with one attached hydrogen (secondary N) is 1. The average molecular weight is 364 g/mol. The van der Waals surface area contributed by atoms with Gasteiger partial charge in [0, 0.05) is 18.0 Å². The summed E-state index contributed by atoms with van der Waals surface area (Å²) >= 11 is 0. The molecule has 1 aromatic carbocycles. The molecular weight excluding hydrogens is 345 g/mol. The molecule has 0 spiro atoms. The first-order chi connectivity index (χ1) is 12.3. The molecule has 0 saturated carbocycles. The molecule has 0 bridgehead atoms. The summed E-state index contributed by atoms with van der Waals surface area (Å²) in [7, 11) is 0. The monoisotopic (exact) mass is 364 g/mol. The molecule has 26 heavy (non-hydrogen) atoms. The van der Waals surface area contributed by atoms with Crippen molar-refractivity contribution >= 4 is 5.91 Å². The molecule has 138 valence electrons. The molecule has 4 nitrogen and oxygen atoms in total. The first-order valence-corrected chi connectivity index (χ1v) is 8.40. The van der Waals surface area contributed by atoms with E-state index >= 15 is 0 Å². The van der Waals surface area contributed by atoms with E-state index in [0.717, 1.165) is 48.1 Å². The van der Waals surface area contributed by atoms with Crippen LogP contribution < -0.4 is 5.32 Å². The molecule has 1 aliphatic rings. The zero-order chi connectivity index (χ0) is 18.9. The smallest absolute Gasteiger partial charge is 0.384 e. The number of carbonyl (C=O) groups is 1. The number of nitrogens with zero attached hydrogens (tertiary/aromatic N) is 1. The van der Waals surface area contributed by atoms with Crippen LogP contribution >= 0.6 is 0 Å². The Labute approximate surface area is 149 Å². The minimum atomic E-state index is -4.37. The van der Waals surface area contributed by atoms with Gasteiger partial charge in [-0.05, 0) is 55.0 Å². The minimum Gasteiger partial charge on any atom is -0.384 e. The van der Waals surface area contributed by atoms with Gasteiger partial charge in [0.15, 0.2) is 0 Å². The van der Waals surface area contributed by atoms with Gasteiger partial charge in [0.1, 0.15) is 6.10 Å². The summed E-state index contributed by atoms with van der Waals surface area (Å²) in [6.07, 6.45) is 0.152. The van der Waals surface area contributed by atoms with E-state index in [1.807, 2.05) is 0 Å². The van der Waals surface area contributed by atoms with E-state index in [2.05, 4.69) is 10.3 Å². The van der Waals surface area contributed by atoms with Crippen molar-refractivity contribution < 1.29 is 23.1 Å². The van der Waals surface area contributed by atoms with Crippen molar-refractivity contribution in [1.29, 1.82) is 0 Å². The second-order valence-electron chi connectivity index (χ2n) is 6.46. The van der Waals surface area contributed by atoms with Gasteiger partial charge in [-0.2, -0.15) is 13.2 Å². The van der Waals surface area contributed by atoms with Crippen molar-refractivity contribution in [3.63, 3.8) is 0 Å². The number of halogens is 3. The van der Waals surface area contributed by atoms with E-state index < -0.39 is 23.8 Å². The molecule has 0 fully saturated rings. The van der Waals surface area contributed by atoms with Gasteiger partial charge in [-0.3, -0.25) is 9.78 Å². The third-order valence-corrected chi connectivity index (χ3v) is 4.60. The number of pyridine rings is 1. The lowest BCUT2D eigenvalue weighted by molar-refractivity contribution is -0.137. The number of hydrogen-bond acceptors (Lipinski definition) is 3. The van der Waals surface area contributed by atoms with Crippen LogP contribution in [-0.2, 0) is 17.4 Å². The van der Waals surface area contributed by atoms with Crippen molar-refractivity contribution in [2.24, 2.45) is 0 Å². The number of aliphatic hydroxyl groups excluding tert-OH is 1. The number of rotatable bonds is 3. The van der Waals surface area contributed by atoms with Crippen molar-refractivity contribution in [2.75, 3.05) is 0 Å². The second kappa shape index (κ2) is 7.07. The molecule has 2 aromatic rings. The number of hydrogen-bond donors (Lipinski definition) is 2. The predicted octanol–water partition coefficient (Wildman–Crippen LogP) is 3.64. The molecule has 7 heteroatoms. The van der Waals surface area contributed by atoms with Gasteiger partial charge in [0.25, 0.3) is 0 Å². The Morgan fingerprint density at radius 1 is 1.27 bits per heavy atom. The number of benzene rings is 1. The normalized spacial score (nSPS) is 18.1. The Morgan fingerprint density at radius 3 is 2.58 bits per heavy atom. The maximum Gasteiger partial charge on any atom is 0.416 e.